The molecule has 0 saturated carbocycles. The molecule has 1 atom stereocenters. The molecule has 0 saturated heterocycles. The summed E-state index contributed by atoms with van der Waals surface area (Å²) < 4.78 is 96.6. The molecule has 10 heteroatoms. The van der Waals surface area contributed by atoms with E-state index in [2.05, 4.69) is 0 Å². The van der Waals surface area contributed by atoms with Gasteiger partial charge in [-0.05, 0) is 37.1 Å². The van der Waals surface area contributed by atoms with Crippen molar-refractivity contribution in [2.24, 2.45) is 0 Å². The monoisotopic (exact) mass is 498 g/mol. The third kappa shape index (κ3) is 4.44. The van der Waals surface area contributed by atoms with Crippen molar-refractivity contribution >= 4 is 23.5 Å². The van der Waals surface area contributed by atoms with E-state index in [4.69, 9.17) is 0 Å². The molecular weight excluding hydrogens is 481 g/mol. The van der Waals surface area contributed by atoms with Gasteiger partial charge in [0.25, 0.3) is 0 Å². The van der Waals surface area contributed by atoms with Crippen LogP contribution in [0.2, 0.25) is 0 Å². The van der Waals surface area contributed by atoms with Crippen LogP contribution in [0.4, 0.5) is 26.3 Å². The lowest BCUT2D eigenvalue weighted by molar-refractivity contribution is -0.143. The largest absolute Gasteiger partial charge is 0.417 e. The highest BCUT2D eigenvalue weighted by atomic mass is 31.2. The molecule has 0 spiro atoms. The van der Waals surface area contributed by atoms with Crippen LogP contribution in [0.1, 0.15) is 43.0 Å². The third-order valence-electron chi connectivity index (χ3n) is 5.28. The molecule has 0 fully saturated rings. The molecule has 34 heavy (non-hydrogen) atoms. The van der Waals surface area contributed by atoms with E-state index >= 15 is 0 Å². The maximum atomic E-state index is 14.2. The van der Waals surface area contributed by atoms with E-state index in [-0.39, 0.29) is 16.7 Å². The van der Waals surface area contributed by atoms with E-state index in [1.54, 1.807) is 6.07 Å². The van der Waals surface area contributed by atoms with Gasteiger partial charge in [0.1, 0.15) is 0 Å². The zero-order chi connectivity index (χ0) is 25.5. The van der Waals surface area contributed by atoms with Crippen LogP contribution >= 0.6 is 7.14 Å². The second-order valence-electron chi connectivity index (χ2n) is 7.55. The molecule has 0 aliphatic heterocycles. The lowest BCUT2D eigenvalue weighted by Gasteiger charge is -2.23. The van der Waals surface area contributed by atoms with E-state index < -0.39 is 52.5 Å². The van der Waals surface area contributed by atoms with Crippen molar-refractivity contribution in [3.8, 4) is 0 Å². The van der Waals surface area contributed by atoms with E-state index in [1.165, 1.54) is 44.2 Å². The van der Waals surface area contributed by atoms with Gasteiger partial charge in [-0.2, -0.15) is 26.3 Å². The smallest absolute Gasteiger partial charge is 0.302 e. The molecule has 0 bridgehead atoms. The lowest BCUT2D eigenvalue weighted by atomic mass is 10.0. The first-order valence-electron chi connectivity index (χ1n) is 9.79. The molecule has 0 aliphatic rings. The van der Waals surface area contributed by atoms with Crippen molar-refractivity contribution in [1.82, 2.24) is 0 Å². The fourth-order valence-electron chi connectivity index (χ4n) is 3.69. The van der Waals surface area contributed by atoms with E-state index in [0.29, 0.717) is 18.2 Å². The van der Waals surface area contributed by atoms with E-state index in [0.717, 1.165) is 12.1 Å². The van der Waals surface area contributed by atoms with Gasteiger partial charge >= 0.3 is 12.4 Å². The first kappa shape index (κ1) is 25.4. The molecule has 0 amide bonds. The summed E-state index contributed by atoms with van der Waals surface area (Å²) in [5.74, 6) is 0. The zero-order valence-electron chi connectivity index (χ0n) is 17.8. The fourth-order valence-corrected chi connectivity index (χ4v) is 6.16. The van der Waals surface area contributed by atoms with Crippen LogP contribution in [0.25, 0.3) is 0 Å². The van der Waals surface area contributed by atoms with Gasteiger partial charge in [-0.15, -0.1) is 0 Å². The van der Waals surface area contributed by atoms with E-state index in [9.17, 15) is 40.5 Å². The molecule has 3 nitrogen and oxygen atoms in total. The second kappa shape index (κ2) is 8.87. The maximum Gasteiger partial charge on any atom is 0.417 e. The fraction of sp³-hybridized carbons (Fsp3) is 0.167. The Kier molecular flexibility index (Phi) is 6.64. The number of aryl methyl sites for hydroxylation is 2. The molecule has 1 unspecified atom stereocenters. The molecule has 0 N–H and O–H groups in total. The summed E-state index contributed by atoms with van der Waals surface area (Å²) in [5, 5.41) is -0.460. The molecule has 0 heterocycles. The Hall–Kier alpha value is -3.19. The third-order valence-corrected chi connectivity index (χ3v) is 7.89. The molecule has 178 valence electrons. The average Bonchev–Trinajstić information content (AvgIpc) is 2.76. The van der Waals surface area contributed by atoms with Crippen LogP contribution in [0, 0.1) is 13.8 Å². The molecular formula is C24H17F6O3P. The molecule has 3 rings (SSSR count). The Bertz CT molecular complexity index is 1260. The summed E-state index contributed by atoms with van der Waals surface area (Å²) in [5.41, 5.74) is -8.68. The van der Waals surface area contributed by atoms with Crippen LogP contribution in [-0.2, 0) is 16.9 Å². The number of halogens is 6. The van der Waals surface area contributed by atoms with Gasteiger partial charge in [0, 0.05) is 10.9 Å². The Balaban J connectivity index is 2.43. The topological polar surface area (TPSA) is 51.2 Å². The van der Waals surface area contributed by atoms with Crippen molar-refractivity contribution in [1.29, 1.82) is 0 Å². The minimum absolute atomic E-state index is 0.193. The van der Waals surface area contributed by atoms with Gasteiger partial charge in [-0.3, -0.25) is 9.59 Å². The Labute approximate surface area is 190 Å². The summed E-state index contributed by atoms with van der Waals surface area (Å²) in [6.07, 6.45) is -10.8. The lowest BCUT2D eigenvalue weighted by Crippen LogP contribution is -2.26. The summed E-state index contributed by atoms with van der Waals surface area (Å²) in [6, 6.07) is 11.7. The van der Waals surface area contributed by atoms with Gasteiger partial charge in [0.05, 0.1) is 16.7 Å². The van der Waals surface area contributed by atoms with Crippen LogP contribution in [-0.4, -0.2) is 11.0 Å². The molecule has 0 aromatic heterocycles. The quantitative estimate of drug-likeness (QED) is 0.281. The number of carbonyl (C=O) groups excluding carboxylic acids is 2. The number of alkyl halides is 6. The second-order valence-corrected chi connectivity index (χ2v) is 10.1. The van der Waals surface area contributed by atoms with Crippen molar-refractivity contribution in [3.63, 3.8) is 0 Å². The van der Waals surface area contributed by atoms with Crippen molar-refractivity contribution in [3.05, 3.63) is 100 Å². The van der Waals surface area contributed by atoms with E-state index in [1.807, 2.05) is 0 Å². The number of hydrogen-bond donors (Lipinski definition) is 0. The summed E-state index contributed by atoms with van der Waals surface area (Å²) in [7, 11) is -5.22. The first-order chi connectivity index (χ1) is 15.7. The average molecular weight is 498 g/mol. The summed E-state index contributed by atoms with van der Waals surface area (Å²) >= 11 is 0. The minimum Gasteiger partial charge on any atom is -0.302 e. The van der Waals surface area contributed by atoms with Gasteiger partial charge in [0.2, 0.25) is 18.2 Å². The molecule has 0 radical (unpaired) electrons. The van der Waals surface area contributed by atoms with Gasteiger partial charge in [-0.1, -0.05) is 54.6 Å². The predicted octanol–water partition coefficient (Wildman–Crippen LogP) is 7.01. The van der Waals surface area contributed by atoms with Crippen LogP contribution in [0.3, 0.4) is 0 Å². The first-order valence-corrected chi connectivity index (χ1v) is 11.5. The summed E-state index contributed by atoms with van der Waals surface area (Å²) in [6.45, 7) is 2.93. The number of hydrogen-bond acceptors (Lipinski definition) is 3. The van der Waals surface area contributed by atoms with Crippen molar-refractivity contribution in [2.75, 3.05) is 0 Å². The summed E-state index contributed by atoms with van der Waals surface area (Å²) in [4.78, 5) is 27.2. The highest BCUT2D eigenvalue weighted by Crippen LogP contribution is 2.54. The standard InChI is InChI=1S/C24H17F6O3P/c1-14-8-6-9-15(2)19(14)21(31)34(33,16-10-4-3-5-11-16)22(32)20-17(23(25,26)27)12-7-13-18(20)24(28,29)30/h3-13H,1-2H3. The SMILES string of the molecule is Cc1cccc(C)c1C(=O)P(=O)(C(=O)c1c(C(F)(F)F)cccc1C(F)(F)F)c1ccccc1. The van der Waals surface area contributed by atoms with Crippen molar-refractivity contribution < 1.29 is 40.5 Å². The van der Waals surface area contributed by atoms with Crippen LogP contribution in [0.15, 0.2) is 66.7 Å². The molecule has 0 aliphatic carbocycles. The Morgan fingerprint density at radius 1 is 0.618 bits per heavy atom. The highest BCUT2D eigenvalue weighted by molar-refractivity contribution is 8.01. The Morgan fingerprint density at radius 3 is 1.47 bits per heavy atom. The number of rotatable bonds is 5. The van der Waals surface area contributed by atoms with Crippen LogP contribution in [0.5, 0.6) is 0 Å². The minimum atomic E-state index is -5.38. The van der Waals surface area contributed by atoms with Gasteiger partial charge in [0.15, 0.2) is 0 Å². The number of carbonyl (C=O) groups is 2. The highest BCUT2D eigenvalue weighted by Gasteiger charge is 2.50. The molecule has 3 aromatic rings. The normalized spacial score (nSPS) is 13.9. The molecule has 3 aromatic carbocycles. The predicted molar refractivity (Wildman–Crippen MR) is 115 cm³/mol. The zero-order valence-corrected chi connectivity index (χ0v) is 18.7. The maximum absolute atomic E-state index is 14.2. The van der Waals surface area contributed by atoms with Crippen molar-refractivity contribution in [2.45, 2.75) is 26.2 Å². The van der Waals surface area contributed by atoms with Crippen LogP contribution < -0.4 is 5.30 Å². The van der Waals surface area contributed by atoms with Gasteiger partial charge < -0.3 is 4.57 Å². The van der Waals surface area contributed by atoms with Gasteiger partial charge in [-0.25, -0.2) is 0 Å². The number of benzene rings is 3. The Morgan fingerprint density at radius 2 is 1.03 bits per heavy atom.